The van der Waals surface area contributed by atoms with Crippen LogP contribution in [0.15, 0.2) is 11.4 Å². The Hall–Kier alpha value is -2.63. The number of fused-ring (bicyclic) bond motifs is 1. The monoisotopic (exact) mass is 407 g/mol. The van der Waals surface area contributed by atoms with Gasteiger partial charge in [-0.1, -0.05) is 0 Å². The Balaban J connectivity index is 1.91. The molecule has 0 spiro atoms. The summed E-state index contributed by atoms with van der Waals surface area (Å²) in [7, 11) is 1.33. The van der Waals surface area contributed by atoms with Gasteiger partial charge in [0, 0.05) is 18.5 Å². The number of carbonyl (C=O) groups excluding carboxylic acids is 1. The first kappa shape index (κ1) is 19.1. The molecule has 0 bridgehead atoms. The SMILES string of the molecule is CNC(=O)c1csc2c(C(F)(F)F)cc(OCC3(F)CN(C(=O)O)C3)nc12. The van der Waals surface area contributed by atoms with Crippen LogP contribution in [-0.2, 0) is 6.18 Å². The van der Waals surface area contributed by atoms with Gasteiger partial charge in [-0.25, -0.2) is 14.2 Å². The predicted octanol–water partition coefficient (Wildman–Crippen LogP) is 2.76. The summed E-state index contributed by atoms with van der Waals surface area (Å²) in [6.07, 6.45) is -6.02. The van der Waals surface area contributed by atoms with Crippen LogP contribution in [-0.4, -0.2) is 59.4 Å². The molecule has 2 N–H and O–H groups in total. The zero-order chi connectivity index (χ0) is 20.0. The normalized spacial score (nSPS) is 16.1. The third-order valence-electron chi connectivity index (χ3n) is 3.97. The number of thiophene rings is 1. The summed E-state index contributed by atoms with van der Waals surface area (Å²) in [5.74, 6) is -1.11. The molecular formula is C15H13F4N3O4S. The minimum absolute atomic E-state index is 0.0518. The van der Waals surface area contributed by atoms with Crippen molar-refractivity contribution in [1.29, 1.82) is 0 Å². The first-order valence-electron chi connectivity index (χ1n) is 7.55. The average Bonchev–Trinajstić information content (AvgIpc) is 2.98. The highest BCUT2D eigenvalue weighted by molar-refractivity contribution is 7.17. The Morgan fingerprint density at radius 2 is 2.11 bits per heavy atom. The van der Waals surface area contributed by atoms with Crippen LogP contribution in [0.1, 0.15) is 15.9 Å². The molecule has 1 fully saturated rings. The lowest BCUT2D eigenvalue weighted by atomic mass is 9.98. The molecule has 3 rings (SSSR count). The van der Waals surface area contributed by atoms with Crippen LogP contribution >= 0.6 is 11.3 Å². The van der Waals surface area contributed by atoms with Gasteiger partial charge in [-0.2, -0.15) is 13.2 Å². The maximum absolute atomic E-state index is 14.3. The number of amides is 2. The van der Waals surface area contributed by atoms with Crippen LogP contribution < -0.4 is 10.1 Å². The van der Waals surface area contributed by atoms with E-state index in [1.165, 1.54) is 12.4 Å². The van der Waals surface area contributed by atoms with Gasteiger partial charge in [0.05, 0.1) is 34.4 Å². The van der Waals surface area contributed by atoms with Crippen LogP contribution in [0.2, 0.25) is 0 Å². The second kappa shape index (κ2) is 6.51. The van der Waals surface area contributed by atoms with Crippen molar-refractivity contribution in [2.75, 3.05) is 26.7 Å². The predicted molar refractivity (Wildman–Crippen MR) is 86.9 cm³/mol. The molecule has 0 aromatic carbocycles. The molecule has 0 saturated carbocycles. The Kier molecular flexibility index (Phi) is 4.62. The van der Waals surface area contributed by atoms with E-state index in [1.807, 2.05) is 0 Å². The molecular weight excluding hydrogens is 394 g/mol. The number of ether oxygens (including phenoxy) is 1. The van der Waals surface area contributed by atoms with Crippen molar-refractivity contribution in [1.82, 2.24) is 15.2 Å². The number of aromatic nitrogens is 1. The van der Waals surface area contributed by atoms with Crippen molar-refractivity contribution in [3.63, 3.8) is 0 Å². The number of hydrogen-bond donors (Lipinski definition) is 2. The zero-order valence-electron chi connectivity index (χ0n) is 13.8. The summed E-state index contributed by atoms with van der Waals surface area (Å²) in [5.41, 5.74) is -3.30. The van der Waals surface area contributed by atoms with Crippen LogP contribution in [0.5, 0.6) is 5.88 Å². The lowest BCUT2D eigenvalue weighted by Crippen LogP contribution is -2.63. The number of halogens is 4. The highest BCUT2D eigenvalue weighted by Crippen LogP contribution is 2.40. The first-order valence-corrected chi connectivity index (χ1v) is 8.43. The van der Waals surface area contributed by atoms with Gasteiger partial charge >= 0.3 is 12.3 Å². The van der Waals surface area contributed by atoms with Crippen LogP contribution in [0, 0.1) is 0 Å². The molecule has 2 aromatic rings. The van der Waals surface area contributed by atoms with E-state index in [4.69, 9.17) is 9.84 Å². The van der Waals surface area contributed by atoms with Crippen LogP contribution in [0.25, 0.3) is 10.2 Å². The Morgan fingerprint density at radius 3 is 2.67 bits per heavy atom. The Morgan fingerprint density at radius 1 is 1.44 bits per heavy atom. The molecule has 2 amide bonds. The van der Waals surface area contributed by atoms with Gasteiger partial charge in [-0.05, 0) is 0 Å². The smallest absolute Gasteiger partial charge is 0.418 e. The summed E-state index contributed by atoms with van der Waals surface area (Å²) in [5, 5.41) is 12.3. The lowest BCUT2D eigenvalue weighted by Gasteiger charge is -2.41. The molecule has 3 heterocycles. The average molecular weight is 407 g/mol. The maximum atomic E-state index is 14.3. The number of hydrogen-bond acceptors (Lipinski definition) is 5. The zero-order valence-corrected chi connectivity index (χ0v) is 14.6. The van der Waals surface area contributed by atoms with Crippen LogP contribution in [0.3, 0.4) is 0 Å². The Labute approximate surface area is 153 Å². The second-order valence-corrected chi connectivity index (χ2v) is 6.87. The second-order valence-electron chi connectivity index (χ2n) is 5.99. The molecule has 1 aliphatic heterocycles. The number of carboxylic acid groups (broad SMARTS) is 1. The number of nitrogens with zero attached hydrogens (tertiary/aromatic N) is 2. The van der Waals surface area contributed by atoms with Crippen LogP contribution in [0.4, 0.5) is 22.4 Å². The summed E-state index contributed by atoms with van der Waals surface area (Å²) < 4.78 is 59.2. The van der Waals surface area contributed by atoms with E-state index >= 15 is 0 Å². The van der Waals surface area contributed by atoms with Gasteiger partial charge in [-0.15, -0.1) is 11.3 Å². The molecule has 0 radical (unpaired) electrons. The van der Waals surface area contributed by atoms with E-state index in [0.717, 1.165) is 16.2 Å². The van der Waals surface area contributed by atoms with Gasteiger partial charge in [0.25, 0.3) is 5.91 Å². The number of pyridine rings is 1. The van der Waals surface area contributed by atoms with Gasteiger partial charge < -0.3 is 20.1 Å². The standard InChI is InChI=1S/C15H13F4N3O4S/c1-20-12(23)7-3-27-11-8(15(17,18)19)2-9(21-10(7)11)26-6-14(16)4-22(5-14)13(24)25/h2-3H,4-6H2,1H3,(H,20,23)(H,24,25). The fraction of sp³-hybridized carbons (Fsp3) is 0.400. The highest BCUT2D eigenvalue weighted by Gasteiger charge is 2.47. The lowest BCUT2D eigenvalue weighted by molar-refractivity contribution is -0.136. The molecule has 1 saturated heterocycles. The number of nitrogens with one attached hydrogen (secondary N) is 1. The largest absolute Gasteiger partial charge is 0.474 e. The fourth-order valence-corrected chi connectivity index (χ4v) is 3.66. The van der Waals surface area contributed by atoms with Crippen molar-refractivity contribution in [3.05, 3.63) is 22.6 Å². The summed E-state index contributed by atoms with van der Waals surface area (Å²) >= 11 is 0.718. The number of carbonyl (C=O) groups is 2. The third kappa shape index (κ3) is 3.61. The topological polar surface area (TPSA) is 91.8 Å². The van der Waals surface area contributed by atoms with Gasteiger partial charge in [0.2, 0.25) is 5.88 Å². The van der Waals surface area contributed by atoms with Gasteiger partial charge in [-0.3, -0.25) is 4.79 Å². The van der Waals surface area contributed by atoms with E-state index in [0.29, 0.717) is 6.07 Å². The van der Waals surface area contributed by atoms with Crippen molar-refractivity contribution in [3.8, 4) is 5.88 Å². The minimum atomic E-state index is -4.73. The minimum Gasteiger partial charge on any atom is -0.474 e. The van der Waals surface area contributed by atoms with Gasteiger partial charge in [0.1, 0.15) is 6.61 Å². The van der Waals surface area contributed by atoms with E-state index in [1.54, 1.807) is 0 Å². The van der Waals surface area contributed by atoms with E-state index < -0.39 is 55.0 Å². The molecule has 0 aliphatic carbocycles. The molecule has 2 aromatic heterocycles. The summed E-state index contributed by atoms with van der Waals surface area (Å²) in [6.45, 7) is -1.55. The van der Waals surface area contributed by atoms with E-state index in [2.05, 4.69) is 10.3 Å². The molecule has 146 valence electrons. The first-order chi connectivity index (χ1) is 12.5. The molecule has 27 heavy (non-hydrogen) atoms. The number of likely N-dealkylation sites (tertiary alicyclic amines) is 1. The van der Waals surface area contributed by atoms with E-state index in [9.17, 15) is 27.2 Å². The molecule has 0 atom stereocenters. The highest BCUT2D eigenvalue weighted by atomic mass is 32.1. The molecule has 0 unspecified atom stereocenters. The summed E-state index contributed by atoms with van der Waals surface area (Å²) in [6, 6.07) is 0.642. The number of rotatable bonds is 4. The van der Waals surface area contributed by atoms with Crippen molar-refractivity contribution < 1.29 is 37.0 Å². The molecule has 7 nitrogen and oxygen atoms in total. The summed E-state index contributed by atoms with van der Waals surface area (Å²) in [4.78, 5) is 27.3. The van der Waals surface area contributed by atoms with Crippen molar-refractivity contribution in [2.45, 2.75) is 11.8 Å². The van der Waals surface area contributed by atoms with Gasteiger partial charge in [0.15, 0.2) is 5.67 Å². The Bertz CT molecular complexity index is 908. The van der Waals surface area contributed by atoms with Crippen molar-refractivity contribution in [2.24, 2.45) is 0 Å². The van der Waals surface area contributed by atoms with Crippen molar-refractivity contribution >= 4 is 33.6 Å². The fourth-order valence-electron chi connectivity index (χ4n) is 2.63. The molecule has 1 aliphatic rings. The maximum Gasteiger partial charge on any atom is 0.418 e. The van der Waals surface area contributed by atoms with E-state index in [-0.39, 0.29) is 15.8 Å². The third-order valence-corrected chi connectivity index (χ3v) is 4.98. The number of alkyl halides is 4. The molecule has 12 heteroatoms. The quantitative estimate of drug-likeness (QED) is 0.761.